The summed E-state index contributed by atoms with van der Waals surface area (Å²) in [6, 6.07) is 143. The summed E-state index contributed by atoms with van der Waals surface area (Å²) in [5, 5.41) is 26.2. The first-order valence-corrected chi connectivity index (χ1v) is 45.8. The van der Waals surface area contributed by atoms with Gasteiger partial charge in [-0.2, -0.15) is 0 Å². The molecule has 0 aliphatic heterocycles. The van der Waals surface area contributed by atoms with Gasteiger partial charge in [-0.3, -0.25) is 0 Å². The number of hydrogen-bond acceptors (Lipinski definition) is 15. The summed E-state index contributed by atoms with van der Waals surface area (Å²) in [4.78, 5) is 46.5. The van der Waals surface area contributed by atoms with E-state index in [-0.39, 0.29) is 0 Å². The molecule has 642 valence electrons. The van der Waals surface area contributed by atoms with Crippen LogP contribution in [0.15, 0.2) is 445 Å². The quantitative estimate of drug-likeness (QED) is 0.124. The molecule has 0 unspecified atom stereocenters. The lowest BCUT2D eigenvalue weighted by Crippen LogP contribution is -2.01. The molecule has 9 heterocycles. The molecule has 0 aliphatic rings. The fourth-order valence-electron chi connectivity index (χ4n) is 20.5. The molecule has 0 atom stereocenters. The fraction of sp³-hybridized carbons (Fsp3) is 0. The minimum Gasteiger partial charge on any atom is -0.456 e. The Hall–Kier alpha value is -19.0. The molecule has 0 fully saturated rings. The number of fused-ring (bicyclic) bond motifs is 27. The number of para-hydroxylation sites is 7. The Kier molecular flexibility index (Phi) is 17.7. The smallest absolute Gasteiger partial charge is 0.167 e. The van der Waals surface area contributed by atoms with E-state index < -0.39 is 0 Å². The summed E-state index contributed by atoms with van der Waals surface area (Å²) in [6.07, 6.45) is 0. The van der Waals surface area contributed by atoms with E-state index in [4.69, 9.17) is 71.4 Å². The van der Waals surface area contributed by atoms with Crippen LogP contribution in [0.5, 0.6) is 0 Å². The highest BCUT2D eigenvalue weighted by molar-refractivity contribution is 6.20. The van der Waals surface area contributed by atoms with Gasteiger partial charge in [0.25, 0.3) is 0 Å². The van der Waals surface area contributed by atoms with E-state index in [1.54, 1.807) is 0 Å². The third kappa shape index (κ3) is 12.8. The zero-order chi connectivity index (χ0) is 90.6. The van der Waals surface area contributed by atoms with E-state index in [0.717, 1.165) is 209 Å². The fourth-order valence-corrected chi connectivity index (χ4v) is 20.5. The number of furan rings is 6. The van der Waals surface area contributed by atoms with Gasteiger partial charge in [0, 0.05) is 115 Å². The van der Waals surface area contributed by atoms with Crippen molar-refractivity contribution in [2.24, 2.45) is 0 Å². The number of aromatic nitrogens is 9. The molecule has 9 aromatic heterocycles. The van der Waals surface area contributed by atoms with Crippen LogP contribution >= 0.6 is 0 Å². The van der Waals surface area contributed by atoms with Gasteiger partial charge in [-0.1, -0.05) is 334 Å². The van der Waals surface area contributed by atoms with Gasteiger partial charge in [-0.25, -0.2) is 44.9 Å². The highest BCUT2D eigenvalue weighted by Gasteiger charge is 2.27. The number of nitrogens with zero attached hydrogens (tertiary/aromatic N) is 9. The predicted octanol–water partition coefficient (Wildman–Crippen LogP) is 32.9. The summed E-state index contributed by atoms with van der Waals surface area (Å²) < 4.78 is 37.7. The Morgan fingerprint density at radius 3 is 0.710 bits per heavy atom. The number of rotatable bonds is 9. The third-order valence-corrected chi connectivity index (χ3v) is 26.8. The van der Waals surface area contributed by atoms with Crippen LogP contribution in [-0.2, 0) is 0 Å². The maximum absolute atomic E-state index is 6.43. The maximum atomic E-state index is 6.43. The number of benzene rings is 21. The predicted molar refractivity (Wildman–Crippen MR) is 557 cm³/mol. The van der Waals surface area contributed by atoms with Crippen LogP contribution in [0.3, 0.4) is 0 Å². The summed E-state index contributed by atoms with van der Waals surface area (Å²) in [5.41, 5.74) is 17.7. The summed E-state index contributed by atoms with van der Waals surface area (Å²) in [5.74, 6) is 5.26. The average Bonchev–Trinajstić information content (AvgIpc) is 1.46. The first-order valence-electron chi connectivity index (χ1n) is 45.8. The molecular formula is C123H69N9O6. The van der Waals surface area contributed by atoms with E-state index in [0.29, 0.717) is 52.4 Å². The second kappa shape index (κ2) is 31.4. The first-order chi connectivity index (χ1) is 68.4. The Labute approximate surface area is 783 Å². The zero-order valence-corrected chi connectivity index (χ0v) is 73.3. The van der Waals surface area contributed by atoms with Crippen LogP contribution in [0.4, 0.5) is 0 Å². The van der Waals surface area contributed by atoms with Crippen molar-refractivity contribution in [2.45, 2.75) is 0 Å². The standard InChI is InChI=1S/3C41H23N3O2/c1-2-12-26-24(10-1)22-23-25-11-7-15-29(36(25)26)39-42-40(30-16-8-20-34-37(30)27-13-3-5-18-32(27)45-34)44-41(43-39)31-17-9-21-35-38(31)28-14-4-6-19-33(28)46-35;1-2-10-27-24(9-1)19-20-25-23-26(21-22-28(25)27)39-42-40(32-14-8-18-36-37(32)31-12-4-6-17-35(31)45-36)44-41(43-39)33-15-7-13-30-29-11-3-5-16-34(29)46-38(30)33;1-2-10-27-24(9-1)19-20-25-23-26(21-22-28(25)27)39-42-40(31-13-7-17-35-37(31)29-11-3-5-15-33(29)45-35)44-41(43-39)32-14-8-18-36-38(32)30-12-4-6-16-34(30)46-36/h3*1-23H. The molecule has 0 aliphatic carbocycles. The second-order valence-electron chi connectivity index (χ2n) is 34.7. The van der Waals surface area contributed by atoms with Gasteiger partial charge in [0.1, 0.15) is 67.0 Å². The van der Waals surface area contributed by atoms with E-state index in [1.165, 1.54) is 37.7 Å². The van der Waals surface area contributed by atoms with E-state index in [2.05, 4.69) is 237 Å². The van der Waals surface area contributed by atoms with Crippen molar-refractivity contribution in [2.75, 3.05) is 0 Å². The van der Waals surface area contributed by atoms with Gasteiger partial charge in [-0.15, -0.1) is 0 Å². The lowest BCUT2D eigenvalue weighted by atomic mass is 9.97. The molecule has 21 aromatic carbocycles. The topological polar surface area (TPSA) is 195 Å². The average molecular weight is 1770 g/mol. The summed E-state index contributed by atoms with van der Waals surface area (Å²) in [7, 11) is 0. The molecule has 15 nitrogen and oxygen atoms in total. The van der Waals surface area contributed by atoms with Gasteiger partial charge in [-0.05, 0) is 144 Å². The highest BCUT2D eigenvalue weighted by Crippen LogP contribution is 2.47. The molecule has 0 saturated heterocycles. The van der Waals surface area contributed by atoms with E-state index >= 15 is 0 Å². The van der Waals surface area contributed by atoms with Crippen LogP contribution in [0.25, 0.3) is 299 Å². The molecular weight excluding hydrogens is 1700 g/mol. The molecule has 15 heteroatoms. The molecule has 30 rings (SSSR count). The van der Waals surface area contributed by atoms with Gasteiger partial charge < -0.3 is 26.5 Å². The Morgan fingerprint density at radius 2 is 0.348 bits per heavy atom. The van der Waals surface area contributed by atoms with Gasteiger partial charge in [0.05, 0.1) is 5.56 Å². The molecule has 0 bridgehead atoms. The Balaban J connectivity index is 0.000000102. The van der Waals surface area contributed by atoms with Crippen molar-refractivity contribution in [3.8, 4) is 102 Å². The van der Waals surface area contributed by atoms with Crippen LogP contribution < -0.4 is 0 Å². The Morgan fingerprint density at radius 1 is 0.123 bits per heavy atom. The normalized spacial score (nSPS) is 11.9. The van der Waals surface area contributed by atoms with Crippen molar-refractivity contribution in [1.29, 1.82) is 0 Å². The van der Waals surface area contributed by atoms with Gasteiger partial charge >= 0.3 is 0 Å². The van der Waals surface area contributed by atoms with Crippen LogP contribution in [0.2, 0.25) is 0 Å². The molecule has 0 radical (unpaired) electrons. The molecule has 0 spiro atoms. The van der Waals surface area contributed by atoms with Gasteiger partial charge in [0.15, 0.2) is 52.4 Å². The SMILES string of the molecule is c1ccc2c(c1)ccc1cc(-c3nc(-c4cccc5c4oc4ccccc45)nc(-c4cccc5oc6ccccc6c45)n3)ccc12.c1ccc2c(c1)ccc1cc(-c3nc(-c4cccc5oc6ccccc6c45)nc(-c4cccc5oc6ccccc6c45)n3)ccc12.c1ccc2c(c1)ccc1cccc(-c3nc(-c4cccc5oc6ccccc6c45)nc(-c4cccc5oc6ccccc6c45)n3)c12. The zero-order valence-electron chi connectivity index (χ0n) is 73.3. The van der Waals surface area contributed by atoms with Crippen LogP contribution in [-0.4, -0.2) is 44.9 Å². The summed E-state index contributed by atoms with van der Waals surface area (Å²) in [6.45, 7) is 0. The van der Waals surface area contributed by atoms with Crippen molar-refractivity contribution >= 4 is 196 Å². The lowest BCUT2D eigenvalue weighted by Gasteiger charge is -2.13. The number of hydrogen-bond donors (Lipinski definition) is 0. The molecule has 30 aromatic rings. The van der Waals surface area contributed by atoms with E-state index in [9.17, 15) is 0 Å². The molecule has 0 amide bonds. The highest BCUT2D eigenvalue weighted by atomic mass is 16.3. The summed E-state index contributed by atoms with van der Waals surface area (Å²) >= 11 is 0. The minimum atomic E-state index is 0.549. The molecule has 138 heavy (non-hydrogen) atoms. The lowest BCUT2D eigenvalue weighted by molar-refractivity contribution is 0.668. The third-order valence-electron chi connectivity index (χ3n) is 26.8. The van der Waals surface area contributed by atoms with E-state index in [1.807, 2.05) is 182 Å². The minimum absolute atomic E-state index is 0.549. The van der Waals surface area contributed by atoms with Gasteiger partial charge in [0.2, 0.25) is 0 Å². The molecule has 0 saturated carbocycles. The van der Waals surface area contributed by atoms with Crippen molar-refractivity contribution < 1.29 is 26.5 Å². The molecule has 0 N–H and O–H groups in total. The largest absolute Gasteiger partial charge is 0.456 e. The second-order valence-corrected chi connectivity index (χ2v) is 34.7. The van der Waals surface area contributed by atoms with Crippen molar-refractivity contribution in [3.05, 3.63) is 419 Å². The van der Waals surface area contributed by atoms with Crippen LogP contribution in [0.1, 0.15) is 0 Å². The van der Waals surface area contributed by atoms with Crippen LogP contribution in [0, 0.1) is 0 Å². The maximum Gasteiger partial charge on any atom is 0.167 e. The first kappa shape index (κ1) is 77.7. The Bertz CT molecular complexity index is 10100. The monoisotopic (exact) mass is 1770 g/mol. The van der Waals surface area contributed by atoms with Crippen molar-refractivity contribution in [3.63, 3.8) is 0 Å². The van der Waals surface area contributed by atoms with Crippen molar-refractivity contribution in [1.82, 2.24) is 44.9 Å².